The second-order valence-electron chi connectivity index (χ2n) is 5.54. The smallest absolute Gasteiger partial charge is 0.128 e. The van der Waals surface area contributed by atoms with Gasteiger partial charge in [-0.2, -0.15) is 0 Å². The van der Waals surface area contributed by atoms with Crippen LogP contribution in [-0.2, 0) is 4.74 Å². The van der Waals surface area contributed by atoms with E-state index in [-0.39, 0.29) is 0 Å². The summed E-state index contributed by atoms with van der Waals surface area (Å²) < 4.78 is 5.90. The van der Waals surface area contributed by atoms with E-state index in [1.807, 2.05) is 13.2 Å². The number of hydrogen-bond donors (Lipinski definition) is 1. The van der Waals surface area contributed by atoms with E-state index in [4.69, 9.17) is 4.74 Å². The summed E-state index contributed by atoms with van der Waals surface area (Å²) in [6, 6.07) is 4.64. The monoisotopic (exact) mass is 277 g/mol. The molecule has 2 unspecified atom stereocenters. The molecular formula is C16H27N3O. The van der Waals surface area contributed by atoms with Gasteiger partial charge in [0.1, 0.15) is 5.82 Å². The predicted octanol–water partition coefficient (Wildman–Crippen LogP) is 2.76. The molecule has 1 N–H and O–H groups in total. The molecule has 1 fully saturated rings. The Morgan fingerprint density at radius 1 is 1.55 bits per heavy atom. The molecule has 2 rings (SSSR count). The van der Waals surface area contributed by atoms with Crippen molar-refractivity contribution in [2.45, 2.75) is 45.3 Å². The fourth-order valence-electron chi connectivity index (χ4n) is 2.61. The van der Waals surface area contributed by atoms with Crippen molar-refractivity contribution in [3.63, 3.8) is 0 Å². The average molecular weight is 277 g/mol. The standard InChI is InChI=1S/C16H27N3O/c1-4-10-20-15-6-5-9-19(12-15)16-11-14(7-8-18-16)13(2)17-3/h7-8,11,13,15,17H,4-6,9-10,12H2,1-3H3. The van der Waals surface area contributed by atoms with E-state index >= 15 is 0 Å². The molecule has 0 aromatic carbocycles. The SMILES string of the molecule is CCCOC1CCCN(c2cc(C(C)NC)ccn2)C1. The molecule has 0 aliphatic carbocycles. The van der Waals surface area contributed by atoms with Gasteiger partial charge in [0.2, 0.25) is 0 Å². The van der Waals surface area contributed by atoms with Gasteiger partial charge in [-0.3, -0.25) is 0 Å². The molecule has 0 radical (unpaired) electrons. The molecule has 4 heteroatoms. The predicted molar refractivity (Wildman–Crippen MR) is 83.2 cm³/mol. The Morgan fingerprint density at radius 3 is 3.15 bits per heavy atom. The van der Waals surface area contributed by atoms with Crippen LogP contribution in [0.5, 0.6) is 0 Å². The lowest BCUT2D eigenvalue weighted by atomic mass is 10.1. The molecule has 20 heavy (non-hydrogen) atoms. The number of rotatable bonds is 6. The molecule has 4 nitrogen and oxygen atoms in total. The Balaban J connectivity index is 2.03. The van der Waals surface area contributed by atoms with Gasteiger partial charge >= 0.3 is 0 Å². The van der Waals surface area contributed by atoms with Crippen molar-refractivity contribution >= 4 is 5.82 Å². The number of nitrogens with one attached hydrogen (secondary N) is 1. The van der Waals surface area contributed by atoms with E-state index in [1.165, 1.54) is 18.4 Å². The molecule has 0 amide bonds. The summed E-state index contributed by atoms with van der Waals surface area (Å²) in [6.07, 6.45) is 5.71. The maximum Gasteiger partial charge on any atom is 0.128 e. The summed E-state index contributed by atoms with van der Waals surface area (Å²) in [4.78, 5) is 6.89. The molecule has 1 aromatic heterocycles. The van der Waals surface area contributed by atoms with Crippen LogP contribution < -0.4 is 10.2 Å². The van der Waals surface area contributed by atoms with Crippen LogP contribution in [0.4, 0.5) is 5.82 Å². The van der Waals surface area contributed by atoms with Crippen LogP contribution >= 0.6 is 0 Å². The molecule has 2 atom stereocenters. The number of piperidine rings is 1. The van der Waals surface area contributed by atoms with Gasteiger partial charge in [0.05, 0.1) is 6.10 Å². The summed E-state index contributed by atoms with van der Waals surface area (Å²) in [7, 11) is 1.99. The number of hydrogen-bond acceptors (Lipinski definition) is 4. The largest absolute Gasteiger partial charge is 0.376 e. The number of pyridine rings is 1. The van der Waals surface area contributed by atoms with Gasteiger partial charge in [0, 0.05) is 31.9 Å². The highest BCUT2D eigenvalue weighted by molar-refractivity contribution is 5.42. The molecule has 0 bridgehead atoms. The number of nitrogens with zero attached hydrogens (tertiary/aromatic N) is 2. The summed E-state index contributed by atoms with van der Waals surface area (Å²) in [5, 5.41) is 3.28. The van der Waals surface area contributed by atoms with E-state index in [9.17, 15) is 0 Å². The Hall–Kier alpha value is -1.13. The average Bonchev–Trinajstić information content (AvgIpc) is 2.52. The van der Waals surface area contributed by atoms with Crippen LogP contribution in [0.3, 0.4) is 0 Å². The molecule has 1 saturated heterocycles. The zero-order valence-electron chi connectivity index (χ0n) is 12.9. The topological polar surface area (TPSA) is 37.4 Å². The van der Waals surface area contributed by atoms with Crippen LogP contribution in [0.15, 0.2) is 18.3 Å². The lowest BCUT2D eigenvalue weighted by Crippen LogP contribution is -2.40. The van der Waals surface area contributed by atoms with Crippen molar-refractivity contribution in [2.75, 3.05) is 31.6 Å². The van der Waals surface area contributed by atoms with E-state index in [1.54, 1.807) is 0 Å². The van der Waals surface area contributed by atoms with Crippen molar-refractivity contribution in [1.29, 1.82) is 0 Å². The highest BCUT2D eigenvalue weighted by Gasteiger charge is 2.21. The number of aromatic nitrogens is 1. The van der Waals surface area contributed by atoms with Crippen molar-refractivity contribution in [1.82, 2.24) is 10.3 Å². The van der Waals surface area contributed by atoms with E-state index in [0.717, 1.165) is 31.9 Å². The maximum atomic E-state index is 5.90. The normalized spacial score (nSPS) is 20.9. The highest BCUT2D eigenvalue weighted by Crippen LogP contribution is 2.22. The second-order valence-corrected chi connectivity index (χ2v) is 5.54. The third-order valence-electron chi connectivity index (χ3n) is 3.96. The van der Waals surface area contributed by atoms with Gasteiger partial charge in [0.25, 0.3) is 0 Å². The summed E-state index contributed by atoms with van der Waals surface area (Å²) >= 11 is 0. The van der Waals surface area contributed by atoms with Crippen molar-refractivity contribution in [3.8, 4) is 0 Å². The van der Waals surface area contributed by atoms with E-state index in [0.29, 0.717) is 12.1 Å². The molecule has 1 aliphatic rings. The fraction of sp³-hybridized carbons (Fsp3) is 0.688. The molecule has 0 spiro atoms. The van der Waals surface area contributed by atoms with Crippen LogP contribution in [0.25, 0.3) is 0 Å². The van der Waals surface area contributed by atoms with Gasteiger partial charge in [-0.25, -0.2) is 4.98 Å². The summed E-state index contributed by atoms with van der Waals surface area (Å²) in [5.41, 5.74) is 1.29. The first-order valence-corrected chi connectivity index (χ1v) is 7.74. The lowest BCUT2D eigenvalue weighted by molar-refractivity contribution is 0.0439. The molecule has 2 heterocycles. The third kappa shape index (κ3) is 3.93. The minimum atomic E-state index is 0.355. The third-order valence-corrected chi connectivity index (χ3v) is 3.96. The first-order valence-electron chi connectivity index (χ1n) is 7.74. The lowest BCUT2D eigenvalue weighted by Gasteiger charge is -2.33. The number of ether oxygens (including phenoxy) is 1. The van der Waals surface area contributed by atoms with Gasteiger partial charge in [-0.05, 0) is 50.9 Å². The van der Waals surface area contributed by atoms with Crippen molar-refractivity contribution in [3.05, 3.63) is 23.9 Å². The highest BCUT2D eigenvalue weighted by atomic mass is 16.5. The quantitative estimate of drug-likeness (QED) is 0.867. The Labute approximate surface area is 122 Å². The van der Waals surface area contributed by atoms with Gasteiger partial charge in [-0.1, -0.05) is 6.92 Å². The molecule has 1 aromatic rings. The van der Waals surface area contributed by atoms with Crippen molar-refractivity contribution in [2.24, 2.45) is 0 Å². The maximum absolute atomic E-state index is 5.90. The van der Waals surface area contributed by atoms with E-state index in [2.05, 4.69) is 41.2 Å². The van der Waals surface area contributed by atoms with Crippen LogP contribution in [0.1, 0.15) is 44.7 Å². The Morgan fingerprint density at radius 2 is 2.40 bits per heavy atom. The van der Waals surface area contributed by atoms with E-state index < -0.39 is 0 Å². The van der Waals surface area contributed by atoms with Crippen LogP contribution in [0.2, 0.25) is 0 Å². The zero-order valence-corrected chi connectivity index (χ0v) is 12.9. The molecule has 1 aliphatic heterocycles. The Bertz CT molecular complexity index is 410. The number of anilines is 1. The minimum absolute atomic E-state index is 0.355. The van der Waals surface area contributed by atoms with Gasteiger partial charge < -0.3 is 15.0 Å². The first kappa shape index (κ1) is 15.3. The minimum Gasteiger partial charge on any atom is -0.376 e. The van der Waals surface area contributed by atoms with Crippen LogP contribution in [0, 0.1) is 0 Å². The fourth-order valence-corrected chi connectivity index (χ4v) is 2.61. The van der Waals surface area contributed by atoms with Crippen LogP contribution in [-0.4, -0.2) is 37.8 Å². The first-order chi connectivity index (χ1) is 9.74. The molecular weight excluding hydrogens is 250 g/mol. The van der Waals surface area contributed by atoms with Crippen molar-refractivity contribution < 1.29 is 4.74 Å². The molecule has 0 saturated carbocycles. The zero-order chi connectivity index (χ0) is 14.4. The summed E-state index contributed by atoms with van der Waals surface area (Å²) in [5.74, 6) is 1.08. The second kappa shape index (κ2) is 7.60. The van der Waals surface area contributed by atoms with Gasteiger partial charge in [0.15, 0.2) is 0 Å². The van der Waals surface area contributed by atoms with Gasteiger partial charge in [-0.15, -0.1) is 0 Å². The molecule has 112 valence electrons. The summed E-state index contributed by atoms with van der Waals surface area (Å²) in [6.45, 7) is 7.23. The Kier molecular flexibility index (Phi) is 5.80.